The molecule has 192 valence electrons. The maximum Gasteiger partial charge on any atom is 0.243 e. The van der Waals surface area contributed by atoms with E-state index in [1.165, 1.54) is 0 Å². The van der Waals surface area contributed by atoms with Crippen molar-refractivity contribution >= 4 is 34.0 Å². The number of piperazine rings is 1. The predicted octanol–water partition coefficient (Wildman–Crippen LogP) is 5.91. The smallest absolute Gasteiger partial charge is 0.243 e. The van der Waals surface area contributed by atoms with Crippen LogP contribution in [0.3, 0.4) is 0 Å². The summed E-state index contributed by atoms with van der Waals surface area (Å²) in [7, 11) is 1.62. The lowest BCUT2D eigenvalue weighted by molar-refractivity contribution is -0.139. The Bertz CT molecular complexity index is 1500. The molecule has 1 aromatic heterocycles. The Morgan fingerprint density at radius 1 is 1.00 bits per heavy atom. The van der Waals surface area contributed by atoms with Gasteiger partial charge in [-0.1, -0.05) is 72.3 Å². The van der Waals surface area contributed by atoms with Crippen molar-refractivity contribution in [2.75, 3.05) is 38.2 Å². The van der Waals surface area contributed by atoms with Crippen LogP contribution in [0.5, 0.6) is 5.75 Å². The minimum atomic E-state index is -1.38. The second-order valence-electron chi connectivity index (χ2n) is 9.66. The van der Waals surface area contributed by atoms with Crippen LogP contribution in [0.25, 0.3) is 10.8 Å². The van der Waals surface area contributed by atoms with Crippen molar-refractivity contribution in [3.8, 4) is 11.8 Å². The number of ether oxygens (including phenoxy) is 1. The highest BCUT2D eigenvalue weighted by Gasteiger charge is 2.47. The number of pyridine rings is 1. The summed E-state index contributed by atoms with van der Waals surface area (Å²) >= 11 is 6.37. The van der Waals surface area contributed by atoms with Gasteiger partial charge in [0, 0.05) is 50.1 Å². The van der Waals surface area contributed by atoms with E-state index in [0.29, 0.717) is 37.0 Å². The molecule has 1 aliphatic heterocycles. The van der Waals surface area contributed by atoms with E-state index in [1.807, 2.05) is 77.7 Å². The summed E-state index contributed by atoms with van der Waals surface area (Å²) in [6.45, 7) is 3.97. The van der Waals surface area contributed by atoms with Gasteiger partial charge in [-0.05, 0) is 35.4 Å². The van der Waals surface area contributed by atoms with Crippen molar-refractivity contribution in [1.29, 1.82) is 5.26 Å². The molecule has 0 spiro atoms. The fraction of sp³-hybridized carbons (Fsp3) is 0.258. The first kappa shape index (κ1) is 25.6. The molecule has 4 aromatic rings. The number of nitrogens with zero attached hydrogens (tertiary/aromatic N) is 4. The van der Waals surface area contributed by atoms with Gasteiger partial charge in [0.05, 0.1) is 23.9 Å². The van der Waals surface area contributed by atoms with Crippen molar-refractivity contribution in [2.24, 2.45) is 5.41 Å². The summed E-state index contributed by atoms with van der Waals surface area (Å²) in [5.41, 5.74) is 1.26. The lowest BCUT2D eigenvalue weighted by atomic mass is 9.68. The molecule has 0 unspecified atom stereocenters. The van der Waals surface area contributed by atoms with E-state index in [4.69, 9.17) is 16.3 Å². The van der Waals surface area contributed by atoms with E-state index in [2.05, 4.69) is 16.0 Å². The lowest BCUT2D eigenvalue weighted by Crippen LogP contribution is -2.54. The zero-order valence-electron chi connectivity index (χ0n) is 21.5. The van der Waals surface area contributed by atoms with Crippen LogP contribution in [-0.2, 0) is 4.79 Å². The van der Waals surface area contributed by atoms with Gasteiger partial charge in [-0.15, -0.1) is 0 Å². The molecule has 1 amide bonds. The van der Waals surface area contributed by atoms with E-state index >= 15 is 0 Å². The zero-order chi connectivity index (χ0) is 26.7. The van der Waals surface area contributed by atoms with Gasteiger partial charge in [-0.3, -0.25) is 9.78 Å². The topological polar surface area (TPSA) is 69.5 Å². The first-order valence-electron chi connectivity index (χ1n) is 12.6. The number of anilines is 1. The van der Waals surface area contributed by atoms with Crippen molar-refractivity contribution in [3.63, 3.8) is 0 Å². The summed E-state index contributed by atoms with van der Waals surface area (Å²) in [6, 6.07) is 26.1. The number of hydrogen-bond donors (Lipinski definition) is 0. The summed E-state index contributed by atoms with van der Waals surface area (Å²) in [5, 5.41) is 13.4. The van der Waals surface area contributed by atoms with Crippen LogP contribution in [-0.4, -0.2) is 49.1 Å². The van der Waals surface area contributed by atoms with Gasteiger partial charge in [0.25, 0.3) is 0 Å². The first-order valence-corrected chi connectivity index (χ1v) is 13.0. The molecule has 1 fully saturated rings. The molecule has 0 saturated carbocycles. The number of carbonyl (C=O) groups is 1. The molecular formula is C31H29ClN4O2. The molecule has 3 aromatic carbocycles. The molecule has 7 heteroatoms. The van der Waals surface area contributed by atoms with Crippen molar-refractivity contribution in [3.05, 3.63) is 101 Å². The fourth-order valence-corrected chi connectivity index (χ4v) is 5.77. The Hall–Kier alpha value is -4.08. The summed E-state index contributed by atoms with van der Waals surface area (Å²) in [6.07, 6.45) is 3.34. The van der Waals surface area contributed by atoms with Crippen molar-refractivity contribution < 1.29 is 9.53 Å². The van der Waals surface area contributed by atoms with E-state index in [9.17, 15) is 10.1 Å². The van der Waals surface area contributed by atoms with Crippen molar-refractivity contribution in [2.45, 2.75) is 12.8 Å². The van der Waals surface area contributed by atoms with Gasteiger partial charge in [0.2, 0.25) is 5.91 Å². The standard InChI is InChI=1S/C31H29ClN4O2/c1-31(21-33,30(37)36-18-16-35(17-19-36)27-14-15-34-20-26(27)32)29(25-11-5-6-13-28(25)38-2)24-12-7-9-22-8-3-4-10-23(22)24/h3-15,20,29H,16-19H2,1-2H3/t29-,31+/m1/s1. The van der Waals surface area contributed by atoms with E-state index in [0.717, 1.165) is 27.6 Å². The molecule has 0 aliphatic carbocycles. The third-order valence-electron chi connectivity index (χ3n) is 7.50. The van der Waals surface area contributed by atoms with Crippen LogP contribution in [0.15, 0.2) is 85.2 Å². The van der Waals surface area contributed by atoms with Crippen LogP contribution in [0.1, 0.15) is 24.0 Å². The van der Waals surface area contributed by atoms with Crippen LogP contribution in [0.2, 0.25) is 5.02 Å². The number of halogens is 1. The molecule has 1 saturated heterocycles. The summed E-state index contributed by atoms with van der Waals surface area (Å²) in [5.74, 6) is -0.0869. The molecule has 1 aliphatic rings. The number of aromatic nitrogens is 1. The molecule has 0 bridgehead atoms. The molecule has 0 radical (unpaired) electrons. The maximum atomic E-state index is 14.3. The normalized spacial score (nSPS) is 15.9. The highest BCUT2D eigenvalue weighted by atomic mass is 35.5. The largest absolute Gasteiger partial charge is 0.496 e. The Morgan fingerprint density at radius 2 is 1.68 bits per heavy atom. The molecule has 6 nitrogen and oxygen atoms in total. The van der Waals surface area contributed by atoms with Gasteiger partial charge in [0.1, 0.15) is 11.2 Å². The van der Waals surface area contributed by atoms with E-state index in [1.54, 1.807) is 26.4 Å². The van der Waals surface area contributed by atoms with Crippen molar-refractivity contribution in [1.82, 2.24) is 9.88 Å². The highest BCUT2D eigenvalue weighted by molar-refractivity contribution is 6.33. The average molecular weight is 525 g/mol. The van der Waals surface area contributed by atoms with Crippen LogP contribution < -0.4 is 9.64 Å². The Balaban J connectivity index is 1.55. The number of nitriles is 1. The number of carbonyl (C=O) groups excluding carboxylic acids is 1. The molecule has 38 heavy (non-hydrogen) atoms. The zero-order valence-corrected chi connectivity index (χ0v) is 22.2. The fourth-order valence-electron chi connectivity index (χ4n) is 5.54. The summed E-state index contributed by atoms with van der Waals surface area (Å²) in [4.78, 5) is 22.3. The highest BCUT2D eigenvalue weighted by Crippen LogP contribution is 2.47. The van der Waals surface area contributed by atoms with Gasteiger partial charge in [-0.2, -0.15) is 5.26 Å². The van der Waals surface area contributed by atoms with E-state index in [-0.39, 0.29) is 5.91 Å². The van der Waals surface area contributed by atoms with Crippen LogP contribution >= 0.6 is 11.6 Å². The van der Waals surface area contributed by atoms with E-state index < -0.39 is 11.3 Å². The lowest BCUT2D eigenvalue weighted by Gasteiger charge is -2.41. The van der Waals surface area contributed by atoms with Crippen LogP contribution in [0, 0.1) is 16.7 Å². The minimum absolute atomic E-state index is 0.190. The van der Waals surface area contributed by atoms with Gasteiger partial charge < -0.3 is 14.5 Å². The molecule has 0 N–H and O–H groups in total. The Labute approximate surface area is 228 Å². The molecule has 2 atom stereocenters. The van der Waals surface area contributed by atoms with Gasteiger partial charge >= 0.3 is 0 Å². The quantitative estimate of drug-likeness (QED) is 0.314. The SMILES string of the molecule is COc1ccccc1[C@@H](c1cccc2ccccc12)[C@](C)(C#N)C(=O)N1CCN(c2ccncc2Cl)CC1. The second kappa shape index (κ2) is 10.7. The first-order chi connectivity index (χ1) is 18.5. The number of rotatable bonds is 6. The third kappa shape index (κ3) is 4.55. The molecule has 2 heterocycles. The number of para-hydroxylation sites is 1. The number of amides is 1. The monoisotopic (exact) mass is 524 g/mol. The number of hydrogen-bond acceptors (Lipinski definition) is 5. The predicted molar refractivity (Wildman–Crippen MR) is 151 cm³/mol. The molecule has 5 rings (SSSR count). The number of benzene rings is 3. The average Bonchev–Trinajstić information content (AvgIpc) is 2.97. The minimum Gasteiger partial charge on any atom is -0.496 e. The maximum absolute atomic E-state index is 14.3. The Kier molecular flexibility index (Phi) is 7.22. The Morgan fingerprint density at radius 3 is 2.42 bits per heavy atom. The molecular weight excluding hydrogens is 496 g/mol. The number of methoxy groups -OCH3 is 1. The van der Waals surface area contributed by atoms with Crippen LogP contribution in [0.4, 0.5) is 5.69 Å². The second-order valence-corrected chi connectivity index (χ2v) is 10.1. The number of fused-ring (bicyclic) bond motifs is 1. The summed E-state index contributed by atoms with van der Waals surface area (Å²) < 4.78 is 5.74. The third-order valence-corrected chi connectivity index (χ3v) is 7.79. The van der Waals surface area contributed by atoms with Gasteiger partial charge in [-0.25, -0.2) is 0 Å². The van der Waals surface area contributed by atoms with Gasteiger partial charge in [0.15, 0.2) is 0 Å².